The lowest BCUT2D eigenvalue weighted by Crippen LogP contribution is -2.22. The molecule has 1 aromatic carbocycles. The Labute approximate surface area is 168 Å². The van der Waals surface area contributed by atoms with E-state index in [1.165, 1.54) is 16.5 Å². The maximum absolute atomic E-state index is 4.30. The Morgan fingerprint density at radius 3 is 2.61 bits per heavy atom. The molecule has 0 spiro atoms. The predicted molar refractivity (Wildman–Crippen MR) is 119 cm³/mol. The molecule has 2 aromatic heterocycles. The zero-order valence-electron chi connectivity index (χ0n) is 17.4. The van der Waals surface area contributed by atoms with Crippen molar-refractivity contribution in [1.82, 2.24) is 14.5 Å². The highest BCUT2D eigenvalue weighted by atomic mass is 15.1. The van der Waals surface area contributed by atoms with Crippen LogP contribution in [0.15, 0.2) is 42.6 Å². The molecule has 0 unspecified atom stereocenters. The summed E-state index contributed by atoms with van der Waals surface area (Å²) in [7, 11) is 0. The molecule has 0 amide bonds. The van der Waals surface area contributed by atoms with E-state index in [2.05, 4.69) is 76.6 Å². The van der Waals surface area contributed by atoms with Gasteiger partial charge in [-0.25, -0.2) is 0 Å². The molecule has 3 rings (SSSR count). The van der Waals surface area contributed by atoms with Gasteiger partial charge in [0.15, 0.2) is 0 Å². The van der Waals surface area contributed by atoms with Crippen molar-refractivity contribution in [3.63, 3.8) is 0 Å². The summed E-state index contributed by atoms with van der Waals surface area (Å²) in [6, 6.07) is 12.9. The Morgan fingerprint density at radius 2 is 1.93 bits per heavy atom. The zero-order valence-corrected chi connectivity index (χ0v) is 17.4. The highest BCUT2D eigenvalue weighted by Gasteiger charge is 2.11. The summed E-state index contributed by atoms with van der Waals surface area (Å²) in [6.45, 7) is 13.2. The third-order valence-electron chi connectivity index (χ3n) is 5.15. The molecule has 0 aliphatic heterocycles. The van der Waals surface area contributed by atoms with Gasteiger partial charge in [-0.3, -0.25) is 9.88 Å². The Kier molecular flexibility index (Phi) is 6.73. The van der Waals surface area contributed by atoms with Crippen molar-refractivity contribution in [2.75, 3.05) is 25.0 Å². The molecule has 28 heavy (non-hydrogen) atoms. The van der Waals surface area contributed by atoms with Gasteiger partial charge in [0.05, 0.1) is 24.1 Å². The molecule has 0 fully saturated rings. The molecule has 0 aliphatic carbocycles. The second-order valence-electron chi connectivity index (χ2n) is 6.93. The number of nitrogens with one attached hydrogen (secondary N) is 1. The van der Waals surface area contributed by atoms with Crippen LogP contribution in [0, 0.1) is 18.8 Å². The van der Waals surface area contributed by atoms with E-state index in [1.54, 1.807) is 0 Å². The molecule has 0 radical (unpaired) electrons. The SMILES string of the molecule is CCN(CC)Cc1cccc2c1cc(C#CCNc1ccc(C)nc1)n2CC. The monoisotopic (exact) mass is 374 g/mol. The highest BCUT2D eigenvalue weighted by Crippen LogP contribution is 2.24. The number of anilines is 1. The Morgan fingerprint density at radius 1 is 1.11 bits per heavy atom. The van der Waals surface area contributed by atoms with Gasteiger partial charge in [-0.05, 0) is 62.7 Å². The molecule has 4 nitrogen and oxygen atoms in total. The largest absolute Gasteiger partial charge is 0.373 e. The first kappa shape index (κ1) is 20.0. The van der Waals surface area contributed by atoms with E-state index in [1.807, 2.05) is 25.3 Å². The van der Waals surface area contributed by atoms with E-state index >= 15 is 0 Å². The summed E-state index contributed by atoms with van der Waals surface area (Å²) in [5.74, 6) is 6.62. The van der Waals surface area contributed by atoms with Crippen LogP contribution in [-0.4, -0.2) is 34.1 Å². The van der Waals surface area contributed by atoms with Gasteiger partial charge in [-0.15, -0.1) is 0 Å². The standard InChI is InChI=1S/C24H30N4/c1-5-27(6-2)18-20-10-8-12-24-23(20)16-22(28(24)7-3)11-9-15-25-21-14-13-19(4)26-17-21/h8,10,12-14,16-17,25H,5-7,15,18H2,1-4H3. The van der Waals surface area contributed by atoms with E-state index in [0.717, 1.165) is 43.3 Å². The molecule has 0 atom stereocenters. The van der Waals surface area contributed by atoms with Crippen molar-refractivity contribution in [3.05, 3.63) is 59.5 Å². The van der Waals surface area contributed by atoms with E-state index < -0.39 is 0 Å². The number of benzene rings is 1. The molecule has 3 aromatic rings. The van der Waals surface area contributed by atoms with Crippen LogP contribution in [-0.2, 0) is 13.1 Å². The molecule has 1 N–H and O–H groups in total. The minimum Gasteiger partial charge on any atom is -0.373 e. The molecule has 0 saturated heterocycles. The van der Waals surface area contributed by atoms with Gasteiger partial charge in [0.1, 0.15) is 0 Å². The highest BCUT2D eigenvalue weighted by molar-refractivity contribution is 5.85. The van der Waals surface area contributed by atoms with Crippen molar-refractivity contribution in [2.45, 2.75) is 40.8 Å². The Bertz CT molecular complexity index is 969. The molecule has 146 valence electrons. The maximum atomic E-state index is 4.30. The van der Waals surface area contributed by atoms with Gasteiger partial charge in [0, 0.05) is 29.7 Å². The van der Waals surface area contributed by atoms with Gasteiger partial charge in [-0.1, -0.05) is 31.9 Å². The number of nitrogens with zero attached hydrogens (tertiary/aromatic N) is 3. The lowest BCUT2D eigenvalue weighted by Gasteiger charge is -2.18. The average molecular weight is 375 g/mol. The summed E-state index contributed by atoms with van der Waals surface area (Å²) in [4.78, 5) is 6.75. The summed E-state index contributed by atoms with van der Waals surface area (Å²) >= 11 is 0. The normalized spacial score (nSPS) is 10.9. The lowest BCUT2D eigenvalue weighted by molar-refractivity contribution is 0.297. The first-order chi connectivity index (χ1) is 13.7. The maximum Gasteiger partial charge on any atom is 0.0931 e. The lowest BCUT2D eigenvalue weighted by atomic mass is 10.1. The quantitative estimate of drug-likeness (QED) is 0.610. The van der Waals surface area contributed by atoms with Crippen molar-refractivity contribution in [3.8, 4) is 11.8 Å². The molecular formula is C24H30N4. The number of pyridine rings is 1. The minimum atomic E-state index is 0.599. The summed E-state index contributed by atoms with van der Waals surface area (Å²) in [5, 5.41) is 4.63. The fourth-order valence-corrected chi connectivity index (χ4v) is 3.47. The third-order valence-corrected chi connectivity index (χ3v) is 5.15. The summed E-state index contributed by atoms with van der Waals surface area (Å²) in [5.41, 5.74) is 5.74. The molecule has 4 heteroatoms. The van der Waals surface area contributed by atoms with Gasteiger partial charge in [-0.2, -0.15) is 0 Å². The van der Waals surface area contributed by atoms with Crippen LogP contribution in [0.2, 0.25) is 0 Å². The summed E-state index contributed by atoms with van der Waals surface area (Å²) in [6.07, 6.45) is 1.85. The van der Waals surface area contributed by atoms with Crippen LogP contribution >= 0.6 is 0 Å². The number of rotatable bonds is 7. The first-order valence-electron chi connectivity index (χ1n) is 10.1. The van der Waals surface area contributed by atoms with Crippen molar-refractivity contribution in [1.29, 1.82) is 0 Å². The smallest absolute Gasteiger partial charge is 0.0931 e. The van der Waals surface area contributed by atoms with E-state index in [0.29, 0.717) is 6.54 Å². The van der Waals surface area contributed by atoms with Crippen molar-refractivity contribution >= 4 is 16.6 Å². The molecule has 0 aliphatic rings. The Hall–Kier alpha value is -2.77. The number of aromatic nitrogens is 2. The van der Waals surface area contributed by atoms with E-state index in [9.17, 15) is 0 Å². The third kappa shape index (κ3) is 4.55. The zero-order chi connectivity index (χ0) is 19.9. The molecular weight excluding hydrogens is 344 g/mol. The molecule has 0 saturated carbocycles. The van der Waals surface area contributed by atoms with Crippen molar-refractivity contribution < 1.29 is 0 Å². The summed E-state index contributed by atoms with van der Waals surface area (Å²) < 4.78 is 2.31. The van der Waals surface area contributed by atoms with Gasteiger partial charge < -0.3 is 9.88 Å². The van der Waals surface area contributed by atoms with Crippen LogP contribution in [0.3, 0.4) is 0 Å². The molecule has 0 bridgehead atoms. The van der Waals surface area contributed by atoms with Gasteiger partial charge in [0.25, 0.3) is 0 Å². The number of fused-ring (bicyclic) bond motifs is 1. The van der Waals surface area contributed by atoms with Gasteiger partial charge in [0.2, 0.25) is 0 Å². The minimum absolute atomic E-state index is 0.599. The van der Waals surface area contributed by atoms with Gasteiger partial charge >= 0.3 is 0 Å². The van der Waals surface area contributed by atoms with Crippen molar-refractivity contribution in [2.24, 2.45) is 0 Å². The van der Waals surface area contributed by atoms with Crippen LogP contribution in [0.25, 0.3) is 10.9 Å². The molecule has 2 heterocycles. The van der Waals surface area contributed by atoms with Crippen LogP contribution in [0.4, 0.5) is 5.69 Å². The fraction of sp³-hybridized carbons (Fsp3) is 0.375. The fourth-order valence-electron chi connectivity index (χ4n) is 3.47. The number of aryl methyl sites for hydroxylation is 2. The van der Waals surface area contributed by atoms with E-state index in [4.69, 9.17) is 0 Å². The van der Waals surface area contributed by atoms with Crippen LogP contribution in [0.5, 0.6) is 0 Å². The first-order valence-corrected chi connectivity index (χ1v) is 10.1. The average Bonchev–Trinajstić information content (AvgIpc) is 3.09. The topological polar surface area (TPSA) is 33.1 Å². The second kappa shape index (κ2) is 9.43. The Balaban J connectivity index is 1.82. The van der Waals surface area contributed by atoms with E-state index in [-0.39, 0.29) is 0 Å². The van der Waals surface area contributed by atoms with Crippen LogP contribution in [0.1, 0.15) is 37.7 Å². The second-order valence-corrected chi connectivity index (χ2v) is 6.93. The number of hydrogen-bond donors (Lipinski definition) is 1. The predicted octanol–water partition coefficient (Wildman–Crippen LogP) is 4.67. The van der Waals surface area contributed by atoms with Crippen LogP contribution < -0.4 is 5.32 Å². The number of hydrogen-bond acceptors (Lipinski definition) is 3.